The van der Waals surface area contributed by atoms with Gasteiger partial charge in [0.05, 0.1) is 31.1 Å². The number of hydrogen-bond acceptors (Lipinski definition) is 8. The number of carbonyl (C=O) groups is 2. The van der Waals surface area contributed by atoms with E-state index in [0.717, 1.165) is 6.07 Å². The molecule has 0 saturated heterocycles. The molecule has 0 fully saturated rings. The number of amides is 1. The lowest BCUT2D eigenvalue weighted by Crippen LogP contribution is -2.17. The Labute approximate surface area is 189 Å². The fourth-order valence-corrected chi connectivity index (χ4v) is 2.78. The van der Waals surface area contributed by atoms with Crippen LogP contribution in [0.2, 0.25) is 0 Å². The van der Waals surface area contributed by atoms with Crippen molar-refractivity contribution in [1.29, 1.82) is 0 Å². The number of rotatable bonds is 8. The average Bonchev–Trinajstić information content (AvgIpc) is 2.80. The molecule has 9 heteroatoms. The van der Waals surface area contributed by atoms with Crippen molar-refractivity contribution in [3.63, 3.8) is 0 Å². The van der Waals surface area contributed by atoms with Crippen molar-refractivity contribution in [1.82, 2.24) is 5.43 Å². The van der Waals surface area contributed by atoms with E-state index >= 15 is 0 Å². The molecule has 0 aliphatic rings. The number of nitrogens with zero attached hydrogens (tertiary/aromatic N) is 1. The molecule has 3 aromatic rings. The lowest BCUT2D eigenvalue weighted by Gasteiger charge is -2.11. The number of aromatic hydroxyl groups is 2. The van der Waals surface area contributed by atoms with Crippen LogP contribution < -0.4 is 19.6 Å². The highest BCUT2D eigenvalue weighted by molar-refractivity contribution is 5.97. The number of ether oxygens (including phenoxy) is 3. The summed E-state index contributed by atoms with van der Waals surface area (Å²) < 4.78 is 16.1. The Kier molecular flexibility index (Phi) is 7.48. The Morgan fingerprint density at radius 3 is 2.42 bits per heavy atom. The topological polar surface area (TPSA) is 127 Å². The number of phenols is 2. The lowest BCUT2D eigenvalue weighted by molar-refractivity contribution is 0.0728. The van der Waals surface area contributed by atoms with Gasteiger partial charge in [0, 0.05) is 6.07 Å². The minimum absolute atomic E-state index is 0.0410. The highest BCUT2D eigenvalue weighted by Gasteiger charge is 2.14. The van der Waals surface area contributed by atoms with Crippen LogP contribution in [0.5, 0.6) is 28.7 Å². The van der Waals surface area contributed by atoms with E-state index in [-0.39, 0.29) is 22.8 Å². The van der Waals surface area contributed by atoms with Crippen LogP contribution in [0.15, 0.2) is 65.8 Å². The van der Waals surface area contributed by atoms with Crippen LogP contribution in [0.25, 0.3) is 0 Å². The highest BCUT2D eigenvalue weighted by Crippen LogP contribution is 2.29. The third kappa shape index (κ3) is 6.01. The maximum atomic E-state index is 12.5. The minimum atomic E-state index is -0.654. The summed E-state index contributed by atoms with van der Waals surface area (Å²) >= 11 is 0. The molecule has 3 aromatic carbocycles. The molecule has 0 atom stereocenters. The summed E-state index contributed by atoms with van der Waals surface area (Å²) in [5.41, 5.74) is 3.17. The van der Waals surface area contributed by atoms with E-state index in [9.17, 15) is 19.8 Å². The quantitative estimate of drug-likeness (QED) is 0.207. The van der Waals surface area contributed by atoms with Crippen LogP contribution in [0.3, 0.4) is 0 Å². The van der Waals surface area contributed by atoms with Gasteiger partial charge in [-0.2, -0.15) is 5.10 Å². The molecule has 0 aliphatic heterocycles. The van der Waals surface area contributed by atoms with E-state index in [1.807, 2.05) is 0 Å². The first kappa shape index (κ1) is 23.1. The second-order valence-corrected chi connectivity index (χ2v) is 6.66. The van der Waals surface area contributed by atoms with Gasteiger partial charge < -0.3 is 24.4 Å². The van der Waals surface area contributed by atoms with Crippen LogP contribution in [0, 0.1) is 0 Å². The van der Waals surface area contributed by atoms with Gasteiger partial charge in [0.1, 0.15) is 17.2 Å². The molecule has 0 aliphatic carbocycles. The number of esters is 1. The monoisotopic (exact) mass is 450 g/mol. The number of phenolic OH excluding ortho intramolecular Hbond substituents is 2. The Morgan fingerprint density at radius 1 is 1.00 bits per heavy atom. The van der Waals surface area contributed by atoms with Crippen molar-refractivity contribution in [3.05, 3.63) is 77.4 Å². The molecule has 0 bridgehead atoms. The molecule has 0 unspecified atom stereocenters. The van der Waals surface area contributed by atoms with E-state index < -0.39 is 11.9 Å². The average molecular weight is 450 g/mol. The number of methoxy groups -OCH3 is 1. The minimum Gasteiger partial charge on any atom is -0.508 e. The maximum absolute atomic E-state index is 12.5. The third-order valence-electron chi connectivity index (χ3n) is 4.40. The van der Waals surface area contributed by atoms with Crippen LogP contribution in [-0.4, -0.2) is 42.0 Å². The van der Waals surface area contributed by atoms with Gasteiger partial charge in [-0.1, -0.05) is 0 Å². The van der Waals surface area contributed by atoms with Crippen molar-refractivity contribution >= 4 is 18.1 Å². The SMILES string of the molecule is CCOc1cc(/C=N\NC(=O)c2ccc(O)cc2O)ccc1OC(=O)c1ccc(OC)cc1. The summed E-state index contributed by atoms with van der Waals surface area (Å²) in [5.74, 6) is -0.565. The van der Waals surface area contributed by atoms with Crippen molar-refractivity contribution in [2.75, 3.05) is 13.7 Å². The number of hydrazone groups is 1. The van der Waals surface area contributed by atoms with Gasteiger partial charge in [0.15, 0.2) is 11.5 Å². The Balaban J connectivity index is 1.70. The summed E-state index contributed by atoms with van der Waals surface area (Å²) in [6.45, 7) is 2.13. The number of carbonyl (C=O) groups excluding carboxylic acids is 2. The fourth-order valence-electron chi connectivity index (χ4n) is 2.78. The Morgan fingerprint density at radius 2 is 1.76 bits per heavy atom. The molecule has 0 aromatic heterocycles. The smallest absolute Gasteiger partial charge is 0.343 e. The van der Waals surface area contributed by atoms with Crippen molar-refractivity contribution in [3.8, 4) is 28.7 Å². The van der Waals surface area contributed by atoms with Gasteiger partial charge in [0.2, 0.25) is 0 Å². The summed E-state index contributed by atoms with van der Waals surface area (Å²) in [4.78, 5) is 24.6. The molecule has 0 heterocycles. The predicted molar refractivity (Wildman–Crippen MR) is 120 cm³/mol. The predicted octanol–water partition coefficient (Wildman–Crippen LogP) is 3.49. The maximum Gasteiger partial charge on any atom is 0.343 e. The first-order valence-electron chi connectivity index (χ1n) is 9.89. The zero-order valence-corrected chi connectivity index (χ0v) is 17.9. The first-order valence-corrected chi connectivity index (χ1v) is 9.89. The van der Waals surface area contributed by atoms with E-state index in [4.69, 9.17) is 14.2 Å². The molecule has 1 amide bonds. The fraction of sp³-hybridized carbons (Fsp3) is 0.125. The Hall–Kier alpha value is -4.53. The molecule has 170 valence electrons. The standard InChI is InChI=1S/C24H22N2O7/c1-3-32-22-12-15(14-25-26-23(29)19-10-7-17(27)13-20(19)28)4-11-21(22)33-24(30)16-5-8-18(31-2)9-6-16/h4-14,27-28H,3H2,1-2H3,(H,26,29)/b25-14-. The van der Waals surface area contributed by atoms with Crippen LogP contribution >= 0.6 is 0 Å². The van der Waals surface area contributed by atoms with Gasteiger partial charge >= 0.3 is 5.97 Å². The molecule has 0 saturated carbocycles. The molecule has 0 spiro atoms. The van der Waals surface area contributed by atoms with E-state index in [1.165, 1.54) is 25.5 Å². The summed E-state index contributed by atoms with van der Waals surface area (Å²) in [6.07, 6.45) is 1.37. The van der Waals surface area contributed by atoms with Crippen LogP contribution in [0.1, 0.15) is 33.2 Å². The number of nitrogens with one attached hydrogen (secondary N) is 1. The lowest BCUT2D eigenvalue weighted by atomic mass is 10.2. The molecule has 9 nitrogen and oxygen atoms in total. The third-order valence-corrected chi connectivity index (χ3v) is 4.40. The van der Waals surface area contributed by atoms with Crippen molar-refractivity contribution in [2.45, 2.75) is 6.92 Å². The largest absolute Gasteiger partial charge is 0.508 e. The molecule has 33 heavy (non-hydrogen) atoms. The Bertz CT molecular complexity index is 1170. The van der Waals surface area contributed by atoms with Gasteiger partial charge in [-0.3, -0.25) is 4.79 Å². The molecule has 3 rings (SSSR count). The van der Waals surface area contributed by atoms with Crippen molar-refractivity contribution < 1.29 is 34.0 Å². The molecular weight excluding hydrogens is 428 g/mol. The summed E-state index contributed by atoms with van der Waals surface area (Å²) in [5, 5.41) is 22.9. The number of hydrogen-bond donors (Lipinski definition) is 3. The summed E-state index contributed by atoms with van der Waals surface area (Å²) in [6, 6.07) is 14.9. The van der Waals surface area contributed by atoms with E-state index in [2.05, 4.69) is 10.5 Å². The number of benzene rings is 3. The second-order valence-electron chi connectivity index (χ2n) is 6.66. The molecular formula is C24H22N2O7. The zero-order chi connectivity index (χ0) is 23.8. The molecule has 0 radical (unpaired) electrons. The van der Waals surface area contributed by atoms with E-state index in [0.29, 0.717) is 29.2 Å². The van der Waals surface area contributed by atoms with E-state index in [1.54, 1.807) is 49.4 Å². The van der Waals surface area contributed by atoms with Gasteiger partial charge in [0.25, 0.3) is 5.91 Å². The zero-order valence-electron chi connectivity index (χ0n) is 17.9. The highest BCUT2D eigenvalue weighted by atomic mass is 16.6. The van der Waals surface area contributed by atoms with Crippen molar-refractivity contribution in [2.24, 2.45) is 5.10 Å². The van der Waals surface area contributed by atoms with Crippen LogP contribution in [0.4, 0.5) is 0 Å². The van der Waals surface area contributed by atoms with Gasteiger partial charge in [-0.05, 0) is 67.1 Å². The molecule has 3 N–H and O–H groups in total. The van der Waals surface area contributed by atoms with Gasteiger partial charge in [-0.15, -0.1) is 0 Å². The summed E-state index contributed by atoms with van der Waals surface area (Å²) in [7, 11) is 1.54. The normalized spacial score (nSPS) is 10.6. The second kappa shape index (κ2) is 10.7. The van der Waals surface area contributed by atoms with Crippen LogP contribution in [-0.2, 0) is 0 Å². The first-order chi connectivity index (χ1) is 15.9. The van der Waals surface area contributed by atoms with Gasteiger partial charge in [-0.25, -0.2) is 10.2 Å².